The molecule has 2 N–H and O–H groups in total. The molecule has 0 aromatic heterocycles. The van der Waals surface area contributed by atoms with E-state index in [1.807, 2.05) is 12.1 Å². The van der Waals surface area contributed by atoms with Crippen LogP contribution in [0.25, 0.3) is 0 Å². The SMILES string of the molecule is CCC1SCCSC1C(N)CCc1ccc(OC)cc1. The number of nitrogens with two attached hydrogens (primary N) is 1. The van der Waals surface area contributed by atoms with E-state index in [-0.39, 0.29) is 0 Å². The highest BCUT2D eigenvalue weighted by atomic mass is 32.2. The lowest BCUT2D eigenvalue weighted by atomic mass is 10.0. The van der Waals surface area contributed by atoms with Crippen molar-refractivity contribution in [2.45, 2.75) is 42.7 Å². The summed E-state index contributed by atoms with van der Waals surface area (Å²) >= 11 is 4.19. The van der Waals surface area contributed by atoms with Crippen LogP contribution in [-0.4, -0.2) is 35.2 Å². The number of hydrogen-bond acceptors (Lipinski definition) is 4. The van der Waals surface area contributed by atoms with Crippen LogP contribution in [0.3, 0.4) is 0 Å². The van der Waals surface area contributed by atoms with Gasteiger partial charge in [-0.05, 0) is 37.0 Å². The maximum atomic E-state index is 6.46. The highest BCUT2D eigenvalue weighted by molar-refractivity contribution is 8.07. The molecule has 1 aliphatic heterocycles. The molecule has 1 aromatic rings. The number of ether oxygens (including phenoxy) is 1. The molecule has 0 radical (unpaired) electrons. The van der Waals surface area contributed by atoms with Gasteiger partial charge in [-0.3, -0.25) is 0 Å². The van der Waals surface area contributed by atoms with Gasteiger partial charge in [0, 0.05) is 28.0 Å². The second kappa shape index (κ2) is 8.20. The zero-order chi connectivity index (χ0) is 14.4. The molecular weight excluding hydrogens is 286 g/mol. The molecule has 2 nitrogen and oxygen atoms in total. The van der Waals surface area contributed by atoms with E-state index >= 15 is 0 Å². The van der Waals surface area contributed by atoms with Crippen molar-refractivity contribution in [3.05, 3.63) is 29.8 Å². The Bertz CT molecular complexity index is 396. The maximum Gasteiger partial charge on any atom is 0.118 e. The van der Waals surface area contributed by atoms with Gasteiger partial charge in [-0.2, -0.15) is 23.5 Å². The summed E-state index contributed by atoms with van der Waals surface area (Å²) in [4.78, 5) is 0. The third-order valence-electron chi connectivity index (χ3n) is 3.84. The van der Waals surface area contributed by atoms with Crippen molar-refractivity contribution >= 4 is 23.5 Å². The normalized spacial score (nSPS) is 24.4. The predicted molar refractivity (Wildman–Crippen MR) is 92.1 cm³/mol. The lowest BCUT2D eigenvalue weighted by Gasteiger charge is -2.34. The minimum absolute atomic E-state index is 0.305. The first-order chi connectivity index (χ1) is 9.74. The smallest absolute Gasteiger partial charge is 0.118 e. The molecule has 1 aliphatic rings. The summed E-state index contributed by atoms with van der Waals surface area (Å²) in [6.07, 6.45) is 3.36. The van der Waals surface area contributed by atoms with Crippen LogP contribution in [0, 0.1) is 0 Å². The fourth-order valence-corrected chi connectivity index (χ4v) is 5.86. The van der Waals surface area contributed by atoms with Crippen molar-refractivity contribution in [2.24, 2.45) is 5.73 Å². The van der Waals surface area contributed by atoms with Gasteiger partial charge in [-0.1, -0.05) is 19.1 Å². The van der Waals surface area contributed by atoms with Crippen LogP contribution in [-0.2, 0) is 6.42 Å². The van der Waals surface area contributed by atoms with E-state index in [4.69, 9.17) is 10.5 Å². The Labute approximate surface area is 131 Å². The molecule has 20 heavy (non-hydrogen) atoms. The molecule has 0 saturated carbocycles. The fourth-order valence-electron chi connectivity index (χ4n) is 2.63. The molecule has 0 bridgehead atoms. The summed E-state index contributed by atoms with van der Waals surface area (Å²) in [5.74, 6) is 3.45. The predicted octanol–water partition coefficient (Wildman–Crippen LogP) is 3.58. The molecule has 112 valence electrons. The standard InChI is InChI=1S/C16H25NOS2/c1-3-15-16(20-11-10-19-15)14(17)9-6-12-4-7-13(18-2)8-5-12/h4-5,7-8,14-16H,3,6,9-11,17H2,1-2H3. The summed E-state index contributed by atoms with van der Waals surface area (Å²) < 4.78 is 5.19. The molecule has 1 fully saturated rings. The maximum absolute atomic E-state index is 6.46. The topological polar surface area (TPSA) is 35.2 Å². The molecule has 3 unspecified atom stereocenters. The quantitative estimate of drug-likeness (QED) is 0.871. The van der Waals surface area contributed by atoms with Crippen molar-refractivity contribution < 1.29 is 4.74 Å². The Morgan fingerprint density at radius 1 is 1.25 bits per heavy atom. The van der Waals surface area contributed by atoms with E-state index in [2.05, 4.69) is 42.6 Å². The number of rotatable bonds is 6. The first-order valence-electron chi connectivity index (χ1n) is 7.36. The van der Waals surface area contributed by atoms with Gasteiger partial charge in [-0.15, -0.1) is 0 Å². The van der Waals surface area contributed by atoms with Crippen molar-refractivity contribution in [3.8, 4) is 5.75 Å². The van der Waals surface area contributed by atoms with E-state index in [9.17, 15) is 0 Å². The van der Waals surface area contributed by atoms with Gasteiger partial charge < -0.3 is 10.5 Å². The van der Waals surface area contributed by atoms with Gasteiger partial charge in [0.2, 0.25) is 0 Å². The average molecular weight is 312 g/mol. The molecule has 0 aliphatic carbocycles. The van der Waals surface area contributed by atoms with E-state index in [1.165, 1.54) is 23.5 Å². The third kappa shape index (κ3) is 4.34. The van der Waals surface area contributed by atoms with Crippen LogP contribution in [0.2, 0.25) is 0 Å². The second-order valence-corrected chi connectivity index (χ2v) is 7.84. The number of thioether (sulfide) groups is 2. The first-order valence-corrected chi connectivity index (χ1v) is 9.46. The summed E-state index contributed by atoms with van der Waals surface area (Å²) in [5.41, 5.74) is 7.81. The van der Waals surface area contributed by atoms with Crippen LogP contribution in [0.1, 0.15) is 25.3 Å². The Morgan fingerprint density at radius 2 is 1.95 bits per heavy atom. The lowest BCUT2D eigenvalue weighted by molar-refractivity contribution is 0.414. The molecule has 0 spiro atoms. The summed E-state index contributed by atoms with van der Waals surface area (Å²) in [7, 11) is 1.70. The minimum Gasteiger partial charge on any atom is -0.497 e. The van der Waals surface area contributed by atoms with Gasteiger partial charge in [-0.25, -0.2) is 0 Å². The van der Waals surface area contributed by atoms with Crippen molar-refractivity contribution in [3.63, 3.8) is 0 Å². The molecule has 4 heteroatoms. The van der Waals surface area contributed by atoms with E-state index in [0.29, 0.717) is 11.3 Å². The van der Waals surface area contributed by atoms with E-state index in [0.717, 1.165) is 23.8 Å². The Balaban J connectivity index is 1.85. The number of aryl methyl sites for hydroxylation is 1. The molecule has 1 heterocycles. The van der Waals surface area contributed by atoms with Gasteiger partial charge in [0.05, 0.1) is 7.11 Å². The zero-order valence-electron chi connectivity index (χ0n) is 12.4. The van der Waals surface area contributed by atoms with Gasteiger partial charge >= 0.3 is 0 Å². The Hall–Kier alpha value is -0.320. The van der Waals surface area contributed by atoms with Crippen molar-refractivity contribution in [1.82, 2.24) is 0 Å². The first kappa shape index (κ1) is 16.1. The van der Waals surface area contributed by atoms with E-state index < -0.39 is 0 Å². The third-order valence-corrected chi connectivity index (χ3v) is 7.27. The Kier molecular flexibility index (Phi) is 6.59. The zero-order valence-corrected chi connectivity index (χ0v) is 14.0. The molecule has 0 amide bonds. The monoisotopic (exact) mass is 311 g/mol. The van der Waals surface area contributed by atoms with Crippen molar-refractivity contribution in [2.75, 3.05) is 18.6 Å². The minimum atomic E-state index is 0.305. The van der Waals surface area contributed by atoms with Crippen LogP contribution in [0.15, 0.2) is 24.3 Å². The van der Waals surface area contributed by atoms with Crippen molar-refractivity contribution in [1.29, 1.82) is 0 Å². The second-order valence-electron chi connectivity index (χ2n) is 5.20. The molecule has 2 rings (SSSR count). The highest BCUT2D eigenvalue weighted by Crippen LogP contribution is 2.35. The van der Waals surface area contributed by atoms with Gasteiger partial charge in [0.1, 0.15) is 5.75 Å². The van der Waals surface area contributed by atoms with Gasteiger partial charge in [0.15, 0.2) is 0 Å². The van der Waals surface area contributed by atoms with Gasteiger partial charge in [0.25, 0.3) is 0 Å². The molecule has 3 atom stereocenters. The molecular formula is C16H25NOS2. The fraction of sp³-hybridized carbons (Fsp3) is 0.625. The summed E-state index contributed by atoms with van der Waals surface area (Å²) in [6.45, 7) is 2.28. The molecule has 1 saturated heterocycles. The summed E-state index contributed by atoms with van der Waals surface area (Å²) in [5, 5.41) is 1.36. The number of methoxy groups -OCH3 is 1. The number of benzene rings is 1. The van der Waals surface area contributed by atoms with Crippen LogP contribution >= 0.6 is 23.5 Å². The highest BCUT2D eigenvalue weighted by Gasteiger charge is 2.29. The Morgan fingerprint density at radius 3 is 2.60 bits per heavy atom. The average Bonchev–Trinajstić information content (AvgIpc) is 2.53. The van der Waals surface area contributed by atoms with E-state index in [1.54, 1.807) is 7.11 Å². The number of hydrogen-bond donors (Lipinski definition) is 1. The van der Waals surface area contributed by atoms with Crippen LogP contribution in [0.5, 0.6) is 5.75 Å². The lowest BCUT2D eigenvalue weighted by Crippen LogP contribution is -2.41. The largest absolute Gasteiger partial charge is 0.497 e. The molecule has 1 aromatic carbocycles. The summed E-state index contributed by atoms with van der Waals surface area (Å²) in [6, 6.07) is 8.65. The van der Waals surface area contributed by atoms with Crippen LogP contribution < -0.4 is 10.5 Å². The van der Waals surface area contributed by atoms with Crippen LogP contribution in [0.4, 0.5) is 0 Å².